The SMILES string of the molecule is COc1ccc(/C=C(\C#N)C(=O)OC(C)C(=O)Nc2c(C)n(C)n(-c3ccccc3)c2=O)cc1. The Balaban J connectivity index is 1.75. The molecule has 0 spiro atoms. The lowest BCUT2D eigenvalue weighted by molar-refractivity contribution is -0.148. The highest BCUT2D eigenvalue weighted by Gasteiger charge is 2.24. The molecule has 1 amide bonds. The van der Waals surface area contributed by atoms with Crippen LogP contribution < -0.4 is 15.6 Å². The number of amides is 1. The molecule has 0 bridgehead atoms. The largest absolute Gasteiger partial charge is 0.497 e. The van der Waals surface area contributed by atoms with E-state index in [1.54, 1.807) is 73.3 Å². The molecule has 0 aliphatic heterocycles. The summed E-state index contributed by atoms with van der Waals surface area (Å²) < 4.78 is 13.3. The summed E-state index contributed by atoms with van der Waals surface area (Å²) in [6, 6.07) is 17.5. The Labute approximate surface area is 196 Å². The van der Waals surface area contributed by atoms with Crippen molar-refractivity contribution in [2.75, 3.05) is 12.4 Å². The van der Waals surface area contributed by atoms with Gasteiger partial charge in [0, 0.05) is 7.05 Å². The van der Waals surface area contributed by atoms with E-state index >= 15 is 0 Å². The van der Waals surface area contributed by atoms with Crippen molar-refractivity contribution in [2.45, 2.75) is 20.0 Å². The first kappa shape index (κ1) is 24.1. The van der Waals surface area contributed by atoms with Gasteiger partial charge in [0.05, 0.1) is 18.5 Å². The van der Waals surface area contributed by atoms with Gasteiger partial charge in [0.25, 0.3) is 11.5 Å². The maximum Gasteiger partial charge on any atom is 0.349 e. The van der Waals surface area contributed by atoms with Gasteiger partial charge >= 0.3 is 5.97 Å². The van der Waals surface area contributed by atoms with Crippen LogP contribution in [-0.4, -0.2) is 34.5 Å². The molecule has 3 aromatic rings. The van der Waals surface area contributed by atoms with Crippen LogP contribution in [0, 0.1) is 18.3 Å². The predicted octanol–water partition coefficient (Wildman–Crippen LogP) is 2.97. The molecule has 3 rings (SSSR count). The zero-order valence-corrected chi connectivity index (χ0v) is 19.2. The van der Waals surface area contributed by atoms with Crippen LogP contribution in [0.4, 0.5) is 5.69 Å². The predicted molar refractivity (Wildman–Crippen MR) is 127 cm³/mol. The van der Waals surface area contributed by atoms with Gasteiger partial charge in [0.15, 0.2) is 6.10 Å². The minimum absolute atomic E-state index is 0.0773. The number of esters is 1. The number of para-hydroxylation sites is 1. The lowest BCUT2D eigenvalue weighted by Crippen LogP contribution is -2.32. The van der Waals surface area contributed by atoms with E-state index in [0.717, 1.165) is 0 Å². The Kier molecular flexibility index (Phi) is 7.33. The van der Waals surface area contributed by atoms with Crippen molar-refractivity contribution in [3.05, 3.63) is 81.8 Å². The number of methoxy groups -OCH3 is 1. The molecule has 1 N–H and O–H groups in total. The molecule has 2 aromatic carbocycles. The van der Waals surface area contributed by atoms with E-state index in [-0.39, 0.29) is 11.3 Å². The van der Waals surface area contributed by atoms with Gasteiger partial charge in [0.1, 0.15) is 23.1 Å². The summed E-state index contributed by atoms with van der Waals surface area (Å²) in [5.74, 6) is -1.01. The molecule has 9 heteroatoms. The van der Waals surface area contributed by atoms with Crippen LogP contribution in [0.25, 0.3) is 11.8 Å². The number of nitriles is 1. The Morgan fingerprint density at radius 3 is 2.35 bits per heavy atom. The topological polar surface area (TPSA) is 115 Å². The summed E-state index contributed by atoms with van der Waals surface area (Å²) >= 11 is 0. The molecule has 1 aromatic heterocycles. The van der Waals surface area contributed by atoms with Crippen LogP contribution in [0.15, 0.2) is 65.0 Å². The minimum Gasteiger partial charge on any atom is -0.497 e. The number of aromatic nitrogens is 2. The summed E-state index contributed by atoms with van der Waals surface area (Å²) in [5.41, 5.74) is 1.14. The number of rotatable bonds is 7. The Morgan fingerprint density at radius 1 is 1.12 bits per heavy atom. The van der Waals surface area contributed by atoms with Crippen molar-refractivity contribution in [1.29, 1.82) is 5.26 Å². The number of hydrogen-bond acceptors (Lipinski definition) is 6. The van der Waals surface area contributed by atoms with Crippen LogP contribution in [0.3, 0.4) is 0 Å². The van der Waals surface area contributed by atoms with E-state index in [9.17, 15) is 19.6 Å². The van der Waals surface area contributed by atoms with E-state index < -0.39 is 23.5 Å². The number of nitrogens with one attached hydrogen (secondary N) is 1. The summed E-state index contributed by atoms with van der Waals surface area (Å²) in [6.45, 7) is 3.06. The van der Waals surface area contributed by atoms with E-state index in [1.165, 1.54) is 24.8 Å². The highest BCUT2D eigenvalue weighted by Crippen LogP contribution is 2.16. The average molecular weight is 460 g/mol. The van der Waals surface area contributed by atoms with Crippen LogP contribution >= 0.6 is 0 Å². The molecular weight excluding hydrogens is 436 g/mol. The van der Waals surface area contributed by atoms with Gasteiger partial charge in [-0.1, -0.05) is 30.3 Å². The smallest absolute Gasteiger partial charge is 0.349 e. The van der Waals surface area contributed by atoms with Gasteiger partial charge in [-0.25, -0.2) is 9.48 Å². The third kappa shape index (κ3) is 5.07. The lowest BCUT2D eigenvalue weighted by Gasteiger charge is -2.12. The van der Waals surface area contributed by atoms with Gasteiger partial charge in [-0.3, -0.25) is 14.3 Å². The van der Waals surface area contributed by atoms with Gasteiger partial charge in [-0.15, -0.1) is 0 Å². The lowest BCUT2D eigenvalue weighted by atomic mass is 10.1. The molecule has 0 fully saturated rings. The van der Waals surface area contributed by atoms with E-state index in [2.05, 4.69) is 5.32 Å². The fraction of sp³-hybridized carbons (Fsp3) is 0.200. The number of carbonyl (C=O) groups is 2. The molecular formula is C25H24N4O5. The summed E-state index contributed by atoms with van der Waals surface area (Å²) in [6.07, 6.45) is 0.107. The summed E-state index contributed by atoms with van der Waals surface area (Å²) in [4.78, 5) is 38.1. The first-order valence-electron chi connectivity index (χ1n) is 10.4. The van der Waals surface area contributed by atoms with Crippen LogP contribution in [-0.2, 0) is 21.4 Å². The number of ether oxygens (including phenoxy) is 2. The van der Waals surface area contributed by atoms with Gasteiger partial charge < -0.3 is 14.8 Å². The Hall–Kier alpha value is -4.58. The van der Waals surface area contributed by atoms with E-state index in [1.807, 2.05) is 6.07 Å². The second-order valence-electron chi connectivity index (χ2n) is 7.42. The average Bonchev–Trinajstić information content (AvgIpc) is 3.06. The molecule has 1 unspecified atom stereocenters. The second-order valence-corrected chi connectivity index (χ2v) is 7.42. The molecule has 0 radical (unpaired) electrons. The monoisotopic (exact) mass is 460 g/mol. The number of benzene rings is 2. The molecule has 34 heavy (non-hydrogen) atoms. The first-order valence-corrected chi connectivity index (χ1v) is 10.4. The highest BCUT2D eigenvalue weighted by atomic mass is 16.5. The molecule has 0 aliphatic rings. The van der Waals surface area contributed by atoms with Crippen LogP contribution in [0.2, 0.25) is 0 Å². The third-order valence-electron chi connectivity index (χ3n) is 5.22. The molecule has 9 nitrogen and oxygen atoms in total. The van der Waals surface area contributed by atoms with Crippen molar-refractivity contribution in [2.24, 2.45) is 7.05 Å². The van der Waals surface area contributed by atoms with Crippen LogP contribution in [0.5, 0.6) is 5.75 Å². The fourth-order valence-corrected chi connectivity index (χ4v) is 3.22. The van der Waals surface area contributed by atoms with Crippen molar-refractivity contribution >= 4 is 23.6 Å². The van der Waals surface area contributed by atoms with Crippen molar-refractivity contribution in [1.82, 2.24) is 9.36 Å². The molecule has 0 aliphatic carbocycles. The van der Waals surface area contributed by atoms with Gasteiger partial charge in [-0.05, 0) is 49.8 Å². The third-order valence-corrected chi connectivity index (χ3v) is 5.22. The maximum absolute atomic E-state index is 13.0. The second kappa shape index (κ2) is 10.4. The van der Waals surface area contributed by atoms with Gasteiger partial charge in [0.2, 0.25) is 0 Å². The number of nitrogens with zero attached hydrogens (tertiary/aromatic N) is 3. The molecule has 0 saturated carbocycles. The standard InChI is InChI=1S/C25H24N4O5/c1-16-22(24(31)29(28(16)3)20-8-6-5-7-9-20)27-23(30)17(2)34-25(32)19(15-26)14-18-10-12-21(33-4)13-11-18/h5-14,17H,1-4H3,(H,27,30)/b19-14+. The van der Waals surface area contributed by atoms with Crippen LogP contribution in [0.1, 0.15) is 18.2 Å². The van der Waals surface area contributed by atoms with Crippen molar-refractivity contribution in [3.63, 3.8) is 0 Å². The number of hydrogen-bond donors (Lipinski definition) is 1. The summed E-state index contributed by atoms with van der Waals surface area (Å²) in [5, 5.41) is 11.9. The van der Waals surface area contributed by atoms with Crippen molar-refractivity contribution < 1.29 is 19.1 Å². The zero-order chi connectivity index (χ0) is 24.8. The van der Waals surface area contributed by atoms with E-state index in [0.29, 0.717) is 22.7 Å². The molecule has 1 atom stereocenters. The summed E-state index contributed by atoms with van der Waals surface area (Å²) in [7, 11) is 3.23. The van der Waals surface area contributed by atoms with Crippen molar-refractivity contribution in [3.8, 4) is 17.5 Å². The maximum atomic E-state index is 13.0. The molecule has 1 heterocycles. The first-order chi connectivity index (χ1) is 16.3. The Bertz CT molecular complexity index is 1330. The fourth-order valence-electron chi connectivity index (χ4n) is 3.22. The molecule has 174 valence electrons. The number of carbonyl (C=O) groups excluding carboxylic acids is 2. The van der Waals surface area contributed by atoms with Gasteiger partial charge in [-0.2, -0.15) is 5.26 Å². The van der Waals surface area contributed by atoms with E-state index in [4.69, 9.17) is 9.47 Å². The minimum atomic E-state index is -1.25. The quantitative estimate of drug-likeness (QED) is 0.329. The normalized spacial score (nSPS) is 11.9. The number of anilines is 1. The Morgan fingerprint density at radius 2 is 1.76 bits per heavy atom. The molecule has 0 saturated heterocycles. The zero-order valence-electron chi connectivity index (χ0n) is 19.2. The highest BCUT2D eigenvalue weighted by molar-refractivity contribution is 6.01.